The molecule has 0 aromatic heterocycles. The summed E-state index contributed by atoms with van der Waals surface area (Å²) in [7, 11) is 2.34. The molecule has 1 saturated carbocycles. The van der Waals surface area contributed by atoms with Gasteiger partial charge >= 0.3 is 0 Å². The van der Waals surface area contributed by atoms with Gasteiger partial charge in [0.15, 0.2) is 0 Å². The Morgan fingerprint density at radius 2 is 1.81 bits per heavy atom. The minimum atomic E-state index is -0.940. The minimum Gasteiger partial charge on any atom is -0.301 e. The molecule has 1 saturated heterocycles. The molecule has 0 bridgehead atoms. The topological polar surface area (TPSA) is 6.48 Å². The average Bonchev–Trinajstić information content (AvgIpc) is 2.15. The molecular weight excluding hydrogens is 222 g/mol. The van der Waals surface area contributed by atoms with Gasteiger partial charge in [-0.2, -0.15) is 0 Å². The van der Waals surface area contributed by atoms with E-state index < -0.39 is 5.41 Å². The van der Waals surface area contributed by atoms with Crippen molar-refractivity contribution >= 4 is 9.24 Å². The summed E-state index contributed by atoms with van der Waals surface area (Å²) in [5.74, 6) is 0.591. The van der Waals surface area contributed by atoms with Gasteiger partial charge in [0.1, 0.15) is 5.41 Å². The first-order chi connectivity index (χ1) is 7.46. The molecule has 1 atom stereocenters. The molecule has 1 aliphatic heterocycles. The molecule has 1 heterocycles. The SMILES string of the molecule is CC(C)N1CCN(CC2CC(F)(P)C2)CC1. The second-order valence-corrected chi connectivity index (χ2v) is 6.77. The zero-order valence-corrected chi connectivity index (χ0v) is 11.6. The van der Waals surface area contributed by atoms with Crippen molar-refractivity contribution < 1.29 is 4.39 Å². The van der Waals surface area contributed by atoms with Gasteiger partial charge in [-0.3, -0.25) is 4.90 Å². The molecule has 94 valence electrons. The Labute approximate surface area is 101 Å². The Morgan fingerprint density at radius 1 is 1.25 bits per heavy atom. The van der Waals surface area contributed by atoms with Crippen LogP contribution in [0.5, 0.6) is 0 Å². The van der Waals surface area contributed by atoms with Crippen molar-refractivity contribution in [1.29, 1.82) is 0 Å². The van der Waals surface area contributed by atoms with E-state index in [2.05, 4.69) is 32.9 Å². The minimum absolute atomic E-state index is 0.591. The number of hydrogen-bond acceptors (Lipinski definition) is 2. The molecule has 16 heavy (non-hydrogen) atoms. The maximum atomic E-state index is 13.3. The molecule has 0 spiro atoms. The van der Waals surface area contributed by atoms with E-state index in [1.165, 1.54) is 13.1 Å². The first kappa shape index (κ1) is 12.7. The molecule has 2 nitrogen and oxygen atoms in total. The van der Waals surface area contributed by atoms with Crippen LogP contribution in [0.4, 0.5) is 4.39 Å². The van der Waals surface area contributed by atoms with E-state index in [1.54, 1.807) is 0 Å². The normalized spacial score (nSPS) is 37.7. The van der Waals surface area contributed by atoms with Gasteiger partial charge in [-0.1, -0.05) is 9.24 Å². The summed E-state index contributed by atoms with van der Waals surface area (Å²) in [6.07, 6.45) is 1.48. The molecule has 0 radical (unpaired) electrons. The predicted octanol–water partition coefficient (Wildman–Crippen LogP) is 1.96. The van der Waals surface area contributed by atoms with Gasteiger partial charge in [0.2, 0.25) is 0 Å². The fourth-order valence-corrected chi connectivity index (χ4v) is 3.52. The third-order valence-electron chi connectivity index (χ3n) is 3.91. The van der Waals surface area contributed by atoms with E-state index >= 15 is 0 Å². The third-order valence-corrected chi connectivity index (χ3v) is 4.38. The standard InChI is InChI=1S/C12H24FN2P/c1-10(2)15-5-3-14(4-6-15)9-11-7-12(13,16)8-11/h10-11H,3-9,16H2,1-2H3. The Hall–Kier alpha value is 0.280. The molecule has 0 amide bonds. The smallest absolute Gasteiger partial charge is 0.124 e. The highest BCUT2D eigenvalue weighted by Crippen LogP contribution is 2.46. The molecule has 2 fully saturated rings. The Bertz CT molecular complexity index is 229. The van der Waals surface area contributed by atoms with Crippen LogP contribution in [0.2, 0.25) is 0 Å². The van der Waals surface area contributed by atoms with E-state index in [4.69, 9.17) is 0 Å². The lowest BCUT2D eigenvalue weighted by molar-refractivity contribution is 0.0395. The molecule has 0 aromatic rings. The molecule has 2 rings (SSSR count). The van der Waals surface area contributed by atoms with Crippen molar-refractivity contribution in [2.45, 2.75) is 38.1 Å². The summed E-state index contributed by atoms with van der Waals surface area (Å²) in [5.41, 5.74) is 0. The number of alkyl halides is 1. The number of nitrogens with zero attached hydrogens (tertiary/aromatic N) is 2. The number of piperazine rings is 1. The van der Waals surface area contributed by atoms with Crippen molar-refractivity contribution in [3.8, 4) is 0 Å². The zero-order valence-electron chi connectivity index (χ0n) is 10.5. The molecule has 4 heteroatoms. The van der Waals surface area contributed by atoms with Gasteiger partial charge in [-0.05, 0) is 32.6 Å². The van der Waals surface area contributed by atoms with Crippen LogP contribution in [0.25, 0.3) is 0 Å². The summed E-state index contributed by atoms with van der Waals surface area (Å²) in [4.78, 5) is 5.02. The average molecular weight is 246 g/mol. The van der Waals surface area contributed by atoms with Crippen molar-refractivity contribution in [3.05, 3.63) is 0 Å². The van der Waals surface area contributed by atoms with Crippen LogP contribution in [0.1, 0.15) is 26.7 Å². The summed E-state index contributed by atoms with van der Waals surface area (Å²) in [5, 5.41) is -0.940. The summed E-state index contributed by atoms with van der Waals surface area (Å²) in [6, 6.07) is 0.663. The second kappa shape index (κ2) is 4.88. The summed E-state index contributed by atoms with van der Waals surface area (Å²) < 4.78 is 13.3. The van der Waals surface area contributed by atoms with Crippen molar-refractivity contribution in [2.24, 2.45) is 5.92 Å². The Morgan fingerprint density at radius 3 is 2.25 bits per heavy atom. The molecule has 1 unspecified atom stereocenters. The monoisotopic (exact) mass is 246 g/mol. The highest BCUT2D eigenvalue weighted by Gasteiger charge is 2.41. The van der Waals surface area contributed by atoms with Gasteiger partial charge in [-0.25, -0.2) is 4.39 Å². The Kier molecular flexibility index (Phi) is 3.88. The number of hydrogen-bond donors (Lipinski definition) is 0. The molecule has 0 aromatic carbocycles. The molecule has 1 aliphatic carbocycles. The highest BCUT2D eigenvalue weighted by atomic mass is 31.0. The van der Waals surface area contributed by atoms with E-state index in [1.807, 2.05) is 0 Å². The van der Waals surface area contributed by atoms with Crippen LogP contribution in [-0.2, 0) is 0 Å². The zero-order chi connectivity index (χ0) is 11.8. The summed E-state index contributed by atoms with van der Waals surface area (Å²) >= 11 is 0. The maximum absolute atomic E-state index is 13.3. The first-order valence-corrected chi connectivity index (χ1v) is 6.98. The van der Waals surface area contributed by atoms with E-state index in [0.717, 1.165) is 32.5 Å². The molecule has 0 N–H and O–H groups in total. The largest absolute Gasteiger partial charge is 0.301 e. The predicted molar refractivity (Wildman–Crippen MR) is 69.4 cm³/mol. The van der Waals surface area contributed by atoms with Gasteiger partial charge in [0, 0.05) is 38.8 Å². The van der Waals surface area contributed by atoms with E-state index in [0.29, 0.717) is 12.0 Å². The van der Waals surface area contributed by atoms with Gasteiger partial charge < -0.3 is 4.90 Å². The fraction of sp³-hybridized carbons (Fsp3) is 1.00. The van der Waals surface area contributed by atoms with Crippen LogP contribution >= 0.6 is 9.24 Å². The third kappa shape index (κ3) is 3.15. The first-order valence-electron chi connectivity index (χ1n) is 6.40. The lowest BCUT2D eigenvalue weighted by Crippen LogP contribution is -2.51. The number of halogens is 1. The van der Waals surface area contributed by atoms with E-state index in [9.17, 15) is 4.39 Å². The Balaban J connectivity index is 1.67. The van der Waals surface area contributed by atoms with E-state index in [-0.39, 0.29) is 0 Å². The summed E-state index contributed by atoms with van der Waals surface area (Å²) in [6.45, 7) is 10.3. The lowest BCUT2D eigenvalue weighted by Gasteiger charge is -2.43. The number of rotatable bonds is 3. The fourth-order valence-electron chi connectivity index (χ4n) is 2.86. The highest BCUT2D eigenvalue weighted by molar-refractivity contribution is 7.18. The van der Waals surface area contributed by atoms with Crippen LogP contribution in [-0.4, -0.2) is 54.0 Å². The van der Waals surface area contributed by atoms with Gasteiger partial charge in [0.25, 0.3) is 0 Å². The van der Waals surface area contributed by atoms with Gasteiger partial charge in [0.05, 0.1) is 0 Å². The van der Waals surface area contributed by atoms with Crippen molar-refractivity contribution in [1.82, 2.24) is 9.80 Å². The molecule has 2 aliphatic rings. The second-order valence-electron chi connectivity index (χ2n) is 5.74. The maximum Gasteiger partial charge on any atom is 0.124 e. The van der Waals surface area contributed by atoms with Crippen LogP contribution in [0.3, 0.4) is 0 Å². The molecular formula is C12H24FN2P. The van der Waals surface area contributed by atoms with Crippen molar-refractivity contribution in [3.63, 3.8) is 0 Å². The van der Waals surface area contributed by atoms with Crippen molar-refractivity contribution in [2.75, 3.05) is 32.7 Å². The lowest BCUT2D eigenvalue weighted by atomic mass is 9.82. The quantitative estimate of drug-likeness (QED) is 0.702. The van der Waals surface area contributed by atoms with Gasteiger partial charge in [-0.15, -0.1) is 0 Å². The van der Waals surface area contributed by atoms with Crippen LogP contribution in [0, 0.1) is 5.92 Å². The van der Waals surface area contributed by atoms with Crippen LogP contribution in [0.15, 0.2) is 0 Å². The van der Waals surface area contributed by atoms with Crippen LogP contribution < -0.4 is 0 Å².